The van der Waals surface area contributed by atoms with Gasteiger partial charge in [-0.3, -0.25) is 19.5 Å². The molecule has 0 spiro atoms. The fourth-order valence-corrected chi connectivity index (χ4v) is 5.53. The van der Waals surface area contributed by atoms with Crippen LogP contribution >= 0.6 is 11.3 Å². The third-order valence-corrected chi connectivity index (χ3v) is 7.84. The Labute approximate surface area is 244 Å². The minimum atomic E-state index is -0.833. The maximum atomic E-state index is 14.9. The first-order valence-corrected chi connectivity index (χ1v) is 14.1. The van der Waals surface area contributed by atoms with Crippen molar-refractivity contribution >= 4 is 39.7 Å². The second kappa shape index (κ2) is 12.0. The summed E-state index contributed by atoms with van der Waals surface area (Å²) in [6.07, 6.45) is 1.58. The molecule has 3 aromatic carbocycles. The number of hydrogen-bond donors (Lipinski definition) is 1. The van der Waals surface area contributed by atoms with Gasteiger partial charge in [-0.2, -0.15) is 0 Å². The summed E-state index contributed by atoms with van der Waals surface area (Å²) in [5, 5.41) is 6.02. The van der Waals surface area contributed by atoms with E-state index < -0.39 is 17.6 Å². The molecule has 1 N–H and O–H groups in total. The Hall–Kier alpha value is -4.74. The van der Waals surface area contributed by atoms with Crippen LogP contribution in [0.25, 0.3) is 21.5 Å². The number of rotatable bonds is 6. The summed E-state index contributed by atoms with van der Waals surface area (Å²) < 4.78 is 33.9. The van der Waals surface area contributed by atoms with Crippen LogP contribution in [0.4, 0.5) is 14.5 Å². The molecule has 6 rings (SSSR count). The van der Waals surface area contributed by atoms with Crippen LogP contribution in [-0.2, 0) is 16.1 Å². The first-order chi connectivity index (χ1) is 20.4. The van der Waals surface area contributed by atoms with Crippen LogP contribution in [0.15, 0.2) is 84.4 Å². The zero-order chi connectivity index (χ0) is 29.1. The zero-order valence-corrected chi connectivity index (χ0v) is 23.1. The molecule has 3 heterocycles. The largest absolute Gasteiger partial charge is 0.454 e. The molecule has 0 aliphatic carbocycles. The van der Waals surface area contributed by atoms with Crippen molar-refractivity contribution in [1.29, 1.82) is 0 Å². The third kappa shape index (κ3) is 6.12. The van der Waals surface area contributed by atoms with E-state index in [1.807, 2.05) is 29.6 Å². The number of hydrogen-bond acceptors (Lipinski definition) is 7. The molecule has 5 aromatic rings. The number of nitrogens with one attached hydrogen (secondary N) is 1. The summed E-state index contributed by atoms with van der Waals surface area (Å²) >= 11 is 1.49. The molecule has 1 aliphatic heterocycles. The van der Waals surface area contributed by atoms with Crippen LogP contribution in [-0.4, -0.2) is 57.8 Å². The highest BCUT2D eigenvalue weighted by atomic mass is 32.1. The fourth-order valence-electron chi connectivity index (χ4n) is 4.71. The fraction of sp³-hybridized carbons (Fsp3) is 0.161. The predicted octanol–water partition coefficient (Wildman–Crippen LogP) is 5.71. The number of aromatic nitrogens is 2. The summed E-state index contributed by atoms with van der Waals surface area (Å²) in [6.45, 7) is 2.51. The van der Waals surface area contributed by atoms with Gasteiger partial charge in [0.05, 0.1) is 11.2 Å². The normalized spacial score (nSPS) is 13.7. The van der Waals surface area contributed by atoms with E-state index in [4.69, 9.17) is 4.74 Å². The van der Waals surface area contributed by atoms with Gasteiger partial charge < -0.3 is 15.0 Å². The topological polar surface area (TPSA) is 87.7 Å². The number of para-hydroxylation sites is 1. The lowest BCUT2D eigenvalue weighted by Crippen LogP contribution is -2.51. The number of carbonyl (C=O) groups excluding carboxylic acids is 2. The molecule has 0 atom stereocenters. The third-order valence-electron chi connectivity index (χ3n) is 6.90. The minimum absolute atomic E-state index is 0.0169. The van der Waals surface area contributed by atoms with Gasteiger partial charge >= 0.3 is 11.8 Å². The molecular formula is C31H25F2N5O3S. The second-order valence-electron chi connectivity index (χ2n) is 9.75. The molecule has 2 amide bonds. The number of nitrogens with zero attached hydrogens (tertiary/aromatic N) is 4. The Morgan fingerprint density at radius 1 is 0.929 bits per heavy atom. The monoisotopic (exact) mass is 585 g/mol. The Kier molecular flexibility index (Phi) is 7.85. The van der Waals surface area contributed by atoms with Gasteiger partial charge in [0.15, 0.2) is 11.6 Å². The van der Waals surface area contributed by atoms with Gasteiger partial charge in [0.25, 0.3) is 0 Å². The summed E-state index contributed by atoms with van der Waals surface area (Å²) in [4.78, 5) is 38.0. The highest BCUT2D eigenvalue weighted by Crippen LogP contribution is 2.31. The number of fused-ring (bicyclic) bond motifs is 1. The molecule has 2 aromatic heterocycles. The van der Waals surface area contributed by atoms with Crippen molar-refractivity contribution in [3.63, 3.8) is 0 Å². The van der Waals surface area contributed by atoms with Crippen molar-refractivity contribution in [2.75, 3.05) is 31.5 Å². The summed E-state index contributed by atoms with van der Waals surface area (Å²) in [7, 11) is 0. The molecule has 0 bridgehead atoms. The second-order valence-corrected chi connectivity index (χ2v) is 10.6. The van der Waals surface area contributed by atoms with Crippen molar-refractivity contribution in [1.82, 2.24) is 19.8 Å². The van der Waals surface area contributed by atoms with E-state index in [1.165, 1.54) is 40.5 Å². The van der Waals surface area contributed by atoms with E-state index in [-0.39, 0.29) is 17.3 Å². The molecule has 1 saturated heterocycles. The van der Waals surface area contributed by atoms with Crippen molar-refractivity contribution in [2.24, 2.45) is 0 Å². The number of ether oxygens (including phenoxy) is 1. The van der Waals surface area contributed by atoms with Gasteiger partial charge in [0.1, 0.15) is 16.6 Å². The summed E-state index contributed by atoms with van der Waals surface area (Å²) in [5.74, 6) is -2.04. The Morgan fingerprint density at radius 2 is 1.71 bits per heavy atom. The standard InChI is InChI=1S/C31H25F2N5O3S/c32-21-7-5-20(6-8-21)30-36-23(19-42-30)18-37-13-15-38(16-14-37)31(40)29(39)35-22-9-10-28(25(33)17-22)41-27-11-12-34-26-4-2-1-3-24(26)27/h1-12,17,19H,13-16,18H2,(H,35,39). The zero-order valence-electron chi connectivity index (χ0n) is 22.3. The van der Waals surface area contributed by atoms with Gasteiger partial charge in [-0.15, -0.1) is 11.3 Å². The van der Waals surface area contributed by atoms with E-state index in [2.05, 4.69) is 20.2 Å². The van der Waals surface area contributed by atoms with Crippen LogP contribution in [0, 0.1) is 11.6 Å². The molecule has 0 radical (unpaired) electrons. The van der Waals surface area contributed by atoms with Crippen molar-refractivity contribution in [3.05, 3.63) is 102 Å². The Morgan fingerprint density at radius 3 is 2.50 bits per heavy atom. The van der Waals surface area contributed by atoms with Crippen LogP contribution < -0.4 is 10.1 Å². The van der Waals surface area contributed by atoms with Crippen LogP contribution in [0.5, 0.6) is 11.5 Å². The van der Waals surface area contributed by atoms with Crippen molar-refractivity contribution in [2.45, 2.75) is 6.54 Å². The SMILES string of the molecule is O=C(Nc1ccc(Oc2ccnc3ccccc23)c(F)c1)C(=O)N1CCN(Cc2csc(-c3ccc(F)cc3)n2)CC1. The number of pyridine rings is 1. The smallest absolute Gasteiger partial charge is 0.313 e. The quantitative estimate of drug-likeness (QED) is 0.257. The van der Waals surface area contributed by atoms with E-state index in [1.54, 1.807) is 24.4 Å². The summed E-state index contributed by atoms with van der Waals surface area (Å²) in [5.41, 5.74) is 2.62. The molecule has 8 nitrogen and oxygen atoms in total. The maximum absolute atomic E-state index is 14.9. The number of anilines is 1. The molecule has 11 heteroatoms. The highest BCUT2D eigenvalue weighted by molar-refractivity contribution is 7.13. The number of piperazine rings is 1. The van der Waals surface area contributed by atoms with Gasteiger partial charge in [0.2, 0.25) is 0 Å². The molecule has 1 aliphatic rings. The number of halogens is 2. The summed E-state index contributed by atoms with van der Waals surface area (Å²) in [6, 6.07) is 19.3. The lowest BCUT2D eigenvalue weighted by molar-refractivity contribution is -0.144. The van der Waals surface area contributed by atoms with Crippen LogP contribution in [0.3, 0.4) is 0 Å². The van der Waals surface area contributed by atoms with Gasteiger partial charge in [0, 0.05) is 67.0 Å². The Bertz CT molecular complexity index is 1750. The van der Waals surface area contributed by atoms with E-state index in [0.717, 1.165) is 33.2 Å². The average Bonchev–Trinajstić information content (AvgIpc) is 3.47. The molecular weight excluding hydrogens is 560 g/mol. The van der Waals surface area contributed by atoms with Crippen molar-refractivity contribution < 1.29 is 23.1 Å². The highest BCUT2D eigenvalue weighted by Gasteiger charge is 2.26. The molecule has 42 heavy (non-hydrogen) atoms. The van der Waals surface area contributed by atoms with E-state index in [0.29, 0.717) is 38.5 Å². The number of benzene rings is 3. The molecule has 212 valence electrons. The van der Waals surface area contributed by atoms with Crippen LogP contribution in [0.1, 0.15) is 5.69 Å². The molecule has 0 saturated carbocycles. The number of amides is 2. The minimum Gasteiger partial charge on any atom is -0.454 e. The predicted molar refractivity (Wildman–Crippen MR) is 156 cm³/mol. The molecule has 0 unspecified atom stereocenters. The lowest BCUT2D eigenvalue weighted by atomic mass is 10.2. The molecule has 1 fully saturated rings. The van der Waals surface area contributed by atoms with E-state index >= 15 is 0 Å². The average molecular weight is 586 g/mol. The van der Waals surface area contributed by atoms with Crippen molar-refractivity contribution in [3.8, 4) is 22.1 Å². The Balaban J connectivity index is 1.01. The maximum Gasteiger partial charge on any atom is 0.313 e. The van der Waals surface area contributed by atoms with Gasteiger partial charge in [-0.1, -0.05) is 12.1 Å². The number of carbonyl (C=O) groups is 2. The first kappa shape index (κ1) is 27.4. The number of thiazole rings is 1. The van der Waals surface area contributed by atoms with Gasteiger partial charge in [-0.05, 0) is 54.6 Å². The van der Waals surface area contributed by atoms with Crippen LogP contribution in [0.2, 0.25) is 0 Å². The lowest BCUT2D eigenvalue weighted by Gasteiger charge is -2.33. The first-order valence-electron chi connectivity index (χ1n) is 13.3. The van der Waals surface area contributed by atoms with Gasteiger partial charge in [-0.25, -0.2) is 13.8 Å². The van der Waals surface area contributed by atoms with E-state index in [9.17, 15) is 18.4 Å².